The predicted octanol–water partition coefficient (Wildman–Crippen LogP) is 0.742. The number of imide groups is 1. The second kappa shape index (κ2) is 7.33. The van der Waals surface area contributed by atoms with E-state index in [0.717, 1.165) is 4.31 Å². The molecule has 116 valence electrons. The van der Waals surface area contributed by atoms with E-state index in [9.17, 15) is 18.0 Å². The fourth-order valence-electron chi connectivity index (χ4n) is 1.93. The summed E-state index contributed by atoms with van der Waals surface area (Å²) < 4.78 is 25.7. The van der Waals surface area contributed by atoms with Gasteiger partial charge in [0.1, 0.15) is 6.04 Å². The van der Waals surface area contributed by atoms with Crippen molar-refractivity contribution in [2.75, 3.05) is 12.8 Å². The van der Waals surface area contributed by atoms with E-state index in [2.05, 4.69) is 11.9 Å². The fourth-order valence-corrected chi connectivity index (χ4v) is 3.36. The number of sulfonamides is 1. The molecular formula is C14H20N2O4S. The highest BCUT2D eigenvalue weighted by molar-refractivity contribution is 7.89. The predicted molar refractivity (Wildman–Crippen MR) is 80.8 cm³/mol. The Morgan fingerprint density at radius 3 is 2.67 bits per heavy atom. The maximum atomic E-state index is 12.3. The van der Waals surface area contributed by atoms with Crippen molar-refractivity contribution in [3.8, 4) is 0 Å². The fraction of sp³-hybridized carbons (Fsp3) is 0.429. The van der Waals surface area contributed by atoms with Gasteiger partial charge in [0, 0.05) is 13.5 Å². The van der Waals surface area contributed by atoms with Crippen LogP contribution >= 0.6 is 0 Å². The molecular weight excluding hydrogens is 292 g/mol. The van der Waals surface area contributed by atoms with Crippen molar-refractivity contribution in [1.29, 1.82) is 0 Å². The number of nitrogens with zero attached hydrogens (tertiary/aromatic N) is 1. The molecule has 6 nitrogen and oxygen atoms in total. The standard InChI is InChI=1S/C14H20N2O4S/c1-4-6-7-11(5-2)10-21(19,20)16(3)12-8-9-13(17)15-14(12)18/h4-7,12H,2,8-10H2,1,3H3,(H,15,17,18)/b6-4-,11-7+. The smallest absolute Gasteiger partial charge is 0.244 e. The summed E-state index contributed by atoms with van der Waals surface area (Å²) in [5.41, 5.74) is 0.534. The summed E-state index contributed by atoms with van der Waals surface area (Å²) in [6.45, 7) is 5.41. The Kier molecular flexibility index (Phi) is 6.04. The number of hydrogen-bond acceptors (Lipinski definition) is 4. The first kappa shape index (κ1) is 17.3. The van der Waals surface area contributed by atoms with Crippen LogP contribution in [0.4, 0.5) is 0 Å². The lowest BCUT2D eigenvalue weighted by Crippen LogP contribution is -2.53. The van der Waals surface area contributed by atoms with Crippen LogP contribution < -0.4 is 5.32 Å². The van der Waals surface area contributed by atoms with Crippen molar-refractivity contribution in [3.63, 3.8) is 0 Å². The zero-order chi connectivity index (χ0) is 16.0. The molecule has 2 amide bonds. The average molecular weight is 312 g/mol. The summed E-state index contributed by atoms with van der Waals surface area (Å²) in [7, 11) is -2.31. The molecule has 1 rings (SSSR count). The normalized spacial score (nSPS) is 20.9. The number of allylic oxidation sites excluding steroid dienone is 4. The van der Waals surface area contributed by atoms with E-state index < -0.39 is 22.0 Å². The van der Waals surface area contributed by atoms with E-state index in [1.807, 2.05) is 6.92 Å². The Morgan fingerprint density at radius 2 is 2.14 bits per heavy atom. The number of piperidine rings is 1. The van der Waals surface area contributed by atoms with Crippen molar-refractivity contribution < 1.29 is 18.0 Å². The molecule has 1 N–H and O–H groups in total. The molecule has 0 saturated carbocycles. The van der Waals surface area contributed by atoms with E-state index in [4.69, 9.17) is 0 Å². The Balaban J connectivity index is 2.89. The highest BCUT2D eigenvalue weighted by Crippen LogP contribution is 2.16. The Hall–Kier alpha value is -1.73. The summed E-state index contributed by atoms with van der Waals surface area (Å²) in [6.07, 6.45) is 6.96. The molecule has 1 saturated heterocycles. The molecule has 0 bridgehead atoms. The van der Waals surface area contributed by atoms with Crippen LogP contribution in [0.15, 0.2) is 36.5 Å². The lowest BCUT2D eigenvalue weighted by molar-refractivity contribution is -0.135. The lowest BCUT2D eigenvalue weighted by atomic mass is 10.1. The van der Waals surface area contributed by atoms with Crippen LogP contribution in [0, 0.1) is 0 Å². The third kappa shape index (κ3) is 4.64. The number of carbonyl (C=O) groups excluding carboxylic acids is 2. The molecule has 1 atom stereocenters. The number of rotatable bonds is 6. The summed E-state index contributed by atoms with van der Waals surface area (Å²) in [6, 6.07) is -0.847. The molecule has 1 unspecified atom stereocenters. The number of amides is 2. The Labute approximate surface area is 125 Å². The maximum absolute atomic E-state index is 12.3. The average Bonchev–Trinajstić information content (AvgIpc) is 2.42. The molecule has 1 fully saturated rings. The van der Waals surface area contributed by atoms with Crippen LogP contribution in [0.1, 0.15) is 19.8 Å². The molecule has 0 aromatic rings. The van der Waals surface area contributed by atoms with Crippen molar-refractivity contribution in [2.24, 2.45) is 0 Å². The van der Waals surface area contributed by atoms with Gasteiger partial charge in [0.2, 0.25) is 21.8 Å². The largest absolute Gasteiger partial charge is 0.295 e. The maximum Gasteiger partial charge on any atom is 0.244 e. The lowest BCUT2D eigenvalue weighted by Gasteiger charge is -2.29. The highest BCUT2D eigenvalue weighted by Gasteiger charge is 2.35. The molecule has 1 heterocycles. The molecule has 0 aliphatic carbocycles. The minimum absolute atomic E-state index is 0.138. The summed E-state index contributed by atoms with van der Waals surface area (Å²) in [4.78, 5) is 22.8. The highest BCUT2D eigenvalue weighted by atomic mass is 32.2. The molecule has 0 aromatic heterocycles. The summed E-state index contributed by atoms with van der Waals surface area (Å²) in [5, 5.41) is 2.15. The Bertz CT molecular complexity index is 590. The third-order valence-electron chi connectivity index (χ3n) is 3.20. The van der Waals surface area contributed by atoms with Gasteiger partial charge in [0.05, 0.1) is 5.75 Å². The zero-order valence-electron chi connectivity index (χ0n) is 12.2. The van der Waals surface area contributed by atoms with Gasteiger partial charge in [-0.25, -0.2) is 8.42 Å². The van der Waals surface area contributed by atoms with Gasteiger partial charge in [-0.15, -0.1) is 0 Å². The van der Waals surface area contributed by atoms with Gasteiger partial charge < -0.3 is 0 Å². The van der Waals surface area contributed by atoms with E-state index in [1.165, 1.54) is 13.1 Å². The first-order chi connectivity index (χ1) is 9.81. The number of likely N-dealkylation sites (N-methyl/N-ethyl adjacent to an activating group) is 1. The van der Waals surface area contributed by atoms with E-state index in [1.54, 1.807) is 18.2 Å². The first-order valence-electron chi connectivity index (χ1n) is 6.55. The van der Waals surface area contributed by atoms with E-state index in [0.29, 0.717) is 5.57 Å². The zero-order valence-corrected chi connectivity index (χ0v) is 13.0. The van der Waals surface area contributed by atoms with Crippen LogP contribution in [0.25, 0.3) is 0 Å². The van der Waals surface area contributed by atoms with Gasteiger partial charge in [-0.05, 0) is 18.9 Å². The molecule has 0 spiro atoms. The second-order valence-electron chi connectivity index (χ2n) is 4.71. The van der Waals surface area contributed by atoms with Gasteiger partial charge in [0.15, 0.2) is 0 Å². The molecule has 0 radical (unpaired) electrons. The van der Waals surface area contributed by atoms with Crippen molar-refractivity contribution in [3.05, 3.63) is 36.5 Å². The van der Waals surface area contributed by atoms with Gasteiger partial charge in [0.25, 0.3) is 0 Å². The quantitative estimate of drug-likeness (QED) is 0.579. The molecule has 1 aliphatic heterocycles. The molecule has 21 heavy (non-hydrogen) atoms. The van der Waals surface area contributed by atoms with Gasteiger partial charge in [-0.3, -0.25) is 14.9 Å². The third-order valence-corrected chi connectivity index (χ3v) is 5.03. The Morgan fingerprint density at radius 1 is 1.48 bits per heavy atom. The minimum atomic E-state index is -3.66. The minimum Gasteiger partial charge on any atom is -0.295 e. The van der Waals surface area contributed by atoms with Gasteiger partial charge >= 0.3 is 0 Å². The van der Waals surface area contributed by atoms with Gasteiger partial charge in [-0.2, -0.15) is 4.31 Å². The molecule has 0 aromatic carbocycles. The van der Waals surface area contributed by atoms with Crippen LogP contribution in [-0.4, -0.2) is 43.4 Å². The second-order valence-corrected chi connectivity index (χ2v) is 6.74. The topological polar surface area (TPSA) is 83.6 Å². The first-order valence-corrected chi connectivity index (χ1v) is 8.16. The van der Waals surface area contributed by atoms with Crippen LogP contribution in [-0.2, 0) is 19.6 Å². The molecule has 7 heteroatoms. The van der Waals surface area contributed by atoms with E-state index >= 15 is 0 Å². The van der Waals surface area contributed by atoms with Gasteiger partial charge in [-0.1, -0.05) is 30.9 Å². The van der Waals surface area contributed by atoms with Crippen LogP contribution in [0.2, 0.25) is 0 Å². The summed E-state index contributed by atoms with van der Waals surface area (Å²) >= 11 is 0. The SMILES string of the molecule is C=C/C(=C\C=C/C)CS(=O)(=O)N(C)C1CCC(=O)NC1=O. The number of carbonyl (C=O) groups is 2. The van der Waals surface area contributed by atoms with Crippen LogP contribution in [0.3, 0.4) is 0 Å². The van der Waals surface area contributed by atoms with Crippen molar-refractivity contribution >= 4 is 21.8 Å². The van der Waals surface area contributed by atoms with Crippen LogP contribution in [0.5, 0.6) is 0 Å². The monoisotopic (exact) mass is 312 g/mol. The summed E-state index contributed by atoms with van der Waals surface area (Å²) in [5.74, 6) is -1.19. The van der Waals surface area contributed by atoms with Crippen molar-refractivity contribution in [2.45, 2.75) is 25.8 Å². The number of nitrogens with one attached hydrogen (secondary N) is 1. The molecule has 1 aliphatic rings. The number of hydrogen-bond donors (Lipinski definition) is 1. The van der Waals surface area contributed by atoms with E-state index in [-0.39, 0.29) is 24.5 Å². The van der Waals surface area contributed by atoms with Crippen molar-refractivity contribution in [1.82, 2.24) is 9.62 Å².